The van der Waals surface area contributed by atoms with Gasteiger partial charge in [0.05, 0.1) is 17.4 Å². The number of carbonyl (C=O) groups is 3. The van der Waals surface area contributed by atoms with Crippen LogP contribution in [0.25, 0.3) is 0 Å². The molecule has 0 bridgehead atoms. The highest BCUT2D eigenvalue weighted by molar-refractivity contribution is 8.00. The molecule has 3 rings (SSSR count). The Morgan fingerprint density at radius 1 is 1.31 bits per heavy atom. The van der Waals surface area contributed by atoms with Gasteiger partial charge < -0.3 is 9.32 Å². The molecule has 0 aliphatic carbocycles. The van der Waals surface area contributed by atoms with Crippen molar-refractivity contribution in [2.24, 2.45) is 0 Å². The first-order valence-corrected chi connectivity index (χ1v) is 9.02. The number of benzene rings is 1. The van der Waals surface area contributed by atoms with Crippen LogP contribution in [0.5, 0.6) is 0 Å². The summed E-state index contributed by atoms with van der Waals surface area (Å²) < 4.78 is 5.44. The van der Waals surface area contributed by atoms with E-state index in [0.29, 0.717) is 28.7 Å². The van der Waals surface area contributed by atoms with Crippen LogP contribution >= 0.6 is 11.8 Å². The molecular formula is C17H18N4O4S. The summed E-state index contributed by atoms with van der Waals surface area (Å²) in [4.78, 5) is 38.1. The van der Waals surface area contributed by atoms with Crippen LogP contribution in [0.4, 0.5) is 0 Å². The fourth-order valence-corrected chi connectivity index (χ4v) is 3.65. The van der Waals surface area contributed by atoms with Crippen molar-refractivity contribution in [2.45, 2.75) is 36.5 Å². The Bertz CT molecular complexity index is 851. The lowest BCUT2D eigenvalue weighted by molar-refractivity contribution is -0.124. The number of thioether (sulfide) groups is 1. The third kappa shape index (κ3) is 3.93. The standard InChI is InChI=1S/C17H18N4O4S/c1-3-14-19-20-15(25-14)9-21(2)17(24)10-6-4-5-7-11(10)26-12-8-13(22)18-16(12)23/h4-7,12H,3,8-9H2,1-2H3,(H,18,22,23)/t12-/m0/s1. The van der Waals surface area contributed by atoms with Crippen LogP contribution in [-0.4, -0.2) is 45.1 Å². The number of aromatic nitrogens is 2. The number of hydrogen-bond donors (Lipinski definition) is 1. The summed E-state index contributed by atoms with van der Waals surface area (Å²) in [6, 6.07) is 7.01. The van der Waals surface area contributed by atoms with Crippen LogP contribution in [0.1, 0.15) is 35.5 Å². The van der Waals surface area contributed by atoms with E-state index in [1.165, 1.54) is 16.7 Å². The fraction of sp³-hybridized carbons (Fsp3) is 0.353. The lowest BCUT2D eigenvalue weighted by atomic mass is 10.2. The van der Waals surface area contributed by atoms with E-state index < -0.39 is 5.25 Å². The Morgan fingerprint density at radius 2 is 2.04 bits per heavy atom. The number of imide groups is 1. The maximum atomic E-state index is 12.8. The minimum absolute atomic E-state index is 0.115. The second-order valence-electron chi connectivity index (χ2n) is 5.82. The number of nitrogens with zero attached hydrogens (tertiary/aromatic N) is 3. The third-order valence-electron chi connectivity index (χ3n) is 3.84. The first-order chi connectivity index (χ1) is 12.5. The summed E-state index contributed by atoms with van der Waals surface area (Å²) >= 11 is 1.22. The van der Waals surface area contributed by atoms with E-state index in [1.807, 2.05) is 6.92 Å². The summed E-state index contributed by atoms with van der Waals surface area (Å²) in [6.45, 7) is 2.09. The normalized spacial score (nSPS) is 16.6. The van der Waals surface area contributed by atoms with Gasteiger partial charge in [-0.05, 0) is 12.1 Å². The number of carbonyl (C=O) groups excluding carboxylic acids is 3. The van der Waals surface area contributed by atoms with Crippen molar-refractivity contribution < 1.29 is 18.8 Å². The van der Waals surface area contributed by atoms with Crippen molar-refractivity contribution in [3.63, 3.8) is 0 Å². The van der Waals surface area contributed by atoms with Crippen LogP contribution in [0.15, 0.2) is 33.6 Å². The SMILES string of the molecule is CCc1nnc(CN(C)C(=O)c2ccccc2S[C@H]2CC(=O)NC2=O)o1. The van der Waals surface area contributed by atoms with E-state index >= 15 is 0 Å². The molecule has 2 heterocycles. The quantitative estimate of drug-likeness (QED) is 0.762. The molecule has 1 aromatic heterocycles. The second kappa shape index (κ2) is 7.69. The molecule has 0 unspecified atom stereocenters. The minimum Gasteiger partial charge on any atom is -0.423 e. The maximum absolute atomic E-state index is 12.8. The molecule has 0 radical (unpaired) electrons. The average molecular weight is 374 g/mol. The van der Waals surface area contributed by atoms with Crippen LogP contribution in [0, 0.1) is 0 Å². The molecule has 8 nitrogen and oxygen atoms in total. The molecule has 2 aromatic rings. The first kappa shape index (κ1) is 18.1. The summed E-state index contributed by atoms with van der Waals surface area (Å²) in [5.74, 6) is 0.0384. The van der Waals surface area contributed by atoms with Crippen LogP contribution < -0.4 is 5.32 Å². The molecule has 1 aliphatic heterocycles. The largest absolute Gasteiger partial charge is 0.423 e. The van der Waals surface area contributed by atoms with Crippen LogP contribution in [0.3, 0.4) is 0 Å². The highest BCUT2D eigenvalue weighted by Gasteiger charge is 2.32. The van der Waals surface area contributed by atoms with E-state index in [0.717, 1.165) is 0 Å². The van der Waals surface area contributed by atoms with Crippen LogP contribution in [-0.2, 0) is 22.6 Å². The minimum atomic E-state index is -0.523. The van der Waals surface area contributed by atoms with Gasteiger partial charge in [-0.25, -0.2) is 0 Å². The van der Waals surface area contributed by atoms with E-state index in [2.05, 4.69) is 15.5 Å². The lowest BCUT2D eigenvalue weighted by Crippen LogP contribution is -2.27. The van der Waals surface area contributed by atoms with Crippen molar-refractivity contribution in [3.8, 4) is 0 Å². The van der Waals surface area contributed by atoms with E-state index in [1.54, 1.807) is 31.3 Å². The zero-order chi connectivity index (χ0) is 18.7. The van der Waals surface area contributed by atoms with Gasteiger partial charge >= 0.3 is 0 Å². The van der Waals surface area contributed by atoms with Crippen molar-refractivity contribution in [1.82, 2.24) is 20.4 Å². The molecular weight excluding hydrogens is 356 g/mol. The summed E-state index contributed by atoms with van der Waals surface area (Å²) in [6.07, 6.45) is 0.746. The number of amides is 3. The molecule has 1 aliphatic rings. The van der Waals surface area contributed by atoms with Gasteiger partial charge in [0.25, 0.3) is 5.91 Å². The Hall–Kier alpha value is -2.68. The van der Waals surface area contributed by atoms with Gasteiger partial charge in [0, 0.05) is 24.8 Å². The Labute approximate surface area is 154 Å². The zero-order valence-electron chi connectivity index (χ0n) is 14.4. The smallest absolute Gasteiger partial charge is 0.255 e. The molecule has 3 amide bonds. The van der Waals surface area contributed by atoms with E-state index in [9.17, 15) is 14.4 Å². The number of aryl methyl sites for hydroxylation is 1. The van der Waals surface area contributed by atoms with Gasteiger partial charge in [-0.1, -0.05) is 19.1 Å². The molecule has 1 fully saturated rings. The Morgan fingerprint density at radius 3 is 2.69 bits per heavy atom. The predicted molar refractivity (Wildman–Crippen MR) is 93.3 cm³/mol. The average Bonchev–Trinajstić information content (AvgIpc) is 3.20. The maximum Gasteiger partial charge on any atom is 0.255 e. The summed E-state index contributed by atoms with van der Waals surface area (Å²) in [5, 5.41) is 9.56. The van der Waals surface area contributed by atoms with Gasteiger partial charge in [0.1, 0.15) is 0 Å². The third-order valence-corrected chi connectivity index (χ3v) is 5.12. The van der Waals surface area contributed by atoms with E-state index in [-0.39, 0.29) is 30.7 Å². The molecule has 1 aromatic carbocycles. The highest BCUT2D eigenvalue weighted by atomic mass is 32.2. The first-order valence-electron chi connectivity index (χ1n) is 8.14. The zero-order valence-corrected chi connectivity index (χ0v) is 15.2. The number of rotatable bonds is 6. The van der Waals surface area contributed by atoms with Gasteiger partial charge in [-0.3, -0.25) is 19.7 Å². The molecule has 1 N–H and O–H groups in total. The molecule has 26 heavy (non-hydrogen) atoms. The Kier molecular flexibility index (Phi) is 5.36. The molecule has 136 valence electrons. The van der Waals surface area contributed by atoms with Crippen LogP contribution in [0.2, 0.25) is 0 Å². The number of hydrogen-bond acceptors (Lipinski definition) is 7. The predicted octanol–water partition coefficient (Wildman–Crippen LogP) is 1.41. The molecule has 0 spiro atoms. The monoisotopic (exact) mass is 374 g/mol. The van der Waals surface area contributed by atoms with Gasteiger partial charge in [0.15, 0.2) is 0 Å². The van der Waals surface area contributed by atoms with Crippen molar-refractivity contribution in [2.75, 3.05) is 7.05 Å². The second-order valence-corrected chi connectivity index (χ2v) is 7.07. The molecule has 9 heteroatoms. The molecule has 0 saturated carbocycles. The fourth-order valence-electron chi connectivity index (χ4n) is 2.50. The summed E-state index contributed by atoms with van der Waals surface area (Å²) in [5.41, 5.74) is 0.461. The van der Waals surface area contributed by atoms with E-state index in [4.69, 9.17) is 4.42 Å². The van der Waals surface area contributed by atoms with Crippen molar-refractivity contribution in [3.05, 3.63) is 41.6 Å². The van der Waals surface area contributed by atoms with Crippen molar-refractivity contribution >= 4 is 29.5 Å². The number of nitrogens with one attached hydrogen (secondary N) is 1. The van der Waals surface area contributed by atoms with Crippen molar-refractivity contribution in [1.29, 1.82) is 0 Å². The lowest BCUT2D eigenvalue weighted by Gasteiger charge is -2.17. The molecule has 1 saturated heterocycles. The van der Waals surface area contributed by atoms with Gasteiger partial charge in [0.2, 0.25) is 23.6 Å². The van der Waals surface area contributed by atoms with Gasteiger partial charge in [-0.2, -0.15) is 0 Å². The topological polar surface area (TPSA) is 105 Å². The molecule has 1 atom stereocenters. The van der Waals surface area contributed by atoms with Gasteiger partial charge in [-0.15, -0.1) is 22.0 Å². The Balaban J connectivity index is 1.74. The highest BCUT2D eigenvalue weighted by Crippen LogP contribution is 2.31. The summed E-state index contributed by atoms with van der Waals surface area (Å²) in [7, 11) is 1.64.